The standard InChI is InChI=1S/C15H23N/c1-4-15(2,3)16-14-12-6-10-5-11(8-12)9-13(14)7-10/h1,10-14,16H,5-9H2,2-3H3. The Morgan fingerprint density at radius 2 is 1.50 bits per heavy atom. The van der Waals surface area contributed by atoms with E-state index in [0.717, 1.165) is 23.7 Å². The smallest absolute Gasteiger partial charge is 0.0743 e. The Kier molecular flexibility index (Phi) is 2.33. The van der Waals surface area contributed by atoms with E-state index < -0.39 is 0 Å². The summed E-state index contributed by atoms with van der Waals surface area (Å²) in [6, 6.07) is 0.707. The van der Waals surface area contributed by atoms with Gasteiger partial charge in [-0.1, -0.05) is 5.92 Å². The quantitative estimate of drug-likeness (QED) is 0.701. The molecule has 4 saturated carbocycles. The SMILES string of the molecule is C#CC(C)(C)NC1C2CC3CC(C2)CC1C3. The Balaban J connectivity index is 1.75. The van der Waals surface area contributed by atoms with E-state index >= 15 is 0 Å². The molecule has 4 aliphatic rings. The normalized spacial score (nSPS) is 45.7. The summed E-state index contributed by atoms with van der Waals surface area (Å²) in [4.78, 5) is 0. The van der Waals surface area contributed by atoms with E-state index in [2.05, 4.69) is 25.1 Å². The molecule has 0 atom stereocenters. The largest absolute Gasteiger partial charge is 0.298 e. The van der Waals surface area contributed by atoms with E-state index in [1.807, 2.05) is 0 Å². The molecule has 0 unspecified atom stereocenters. The predicted octanol–water partition coefficient (Wildman–Crippen LogP) is 2.81. The lowest BCUT2D eigenvalue weighted by atomic mass is 9.54. The van der Waals surface area contributed by atoms with Gasteiger partial charge in [-0.05, 0) is 69.6 Å². The van der Waals surface area contributed by atoms with Gasteiger partial charge in [0.15, 0.2) is 0 Å². The van der Waals surface area contributed by atoms with Crippen LogP contribution in [-0.2, 0) is 0 Å². The molecule has 0 aromatic rings. The summed E-state index contributed by atoms with van der Waals surface area (Å²) in [5.41, 5.74) is -0.125. The summed E-state index contributed by atoms with van der Waals surface area (Å²) >= 11 is 0. The van der Waals surface area contributed by atoms with Gasteiger partial charge in [0.25, 0.3) is 0 Å². The molecule has 88 valence electrons. The zero-order chi connectivity index (χ0) is 11.3. The Labute approximate surface area is 99.4 Å². The average Bonchev–Trinajstić information content (AvgIpc) is 2.22. The first-order chi connectivity index (χ1) is 7.57. The highest BCUT2D eigenvalue weighted by Gasteiger charge is 2.48. The lowest BCUT2D eigenvalue weighted by Gasteiger charge is -2.55. The number of hydrogen-bond acceptors (Lipinski definition) is 1. The molecule has 0 aliphatic heterocycles. The van der Waals surface area contributed by atoms with Gasteiger partial charge in [0, 0.05) is 6.04 Å². The highest BCUT2D eigenvalue weighted by atomic mass is 15.0. The van der Waals surface area contributed by atoms with Gasteiger partial charge in [-0.3, -0.25) is 5.32 Å². The van der Waals surface area contributed by atoms with Crippen molar-refractivity contribution in [1.29, 1.82) is 0 Å². The topological polar surface area (TPSA) is 12.0 Å². The van der Waals surface area contributed by atoms with Crippen LogP contribution in [0.5, 0.6) is 0 Å². The predicted molar refractivity (Wildman–Crippen MR) is 66.9 cm³/mol. The van der Waals surface area contributed by atoms with Gasteiger partial charge in [0.2, 0.25) is 0 Å². The lowest BCUT2D eigenvalue weighted by molar-refractivity contribution is -0.0195. The molecule has 1 N–H and O–H groups in total. The Morgan fingerprint density at radius 3 is 1.94 bits per heavy atom. The van der Waals surface area contributed by atoms with Crippen LogP contribution in [0.15, 0.2) is 0 Å². The summed E-state index contributed by atoms with van der Waals surface area (Å²) in [5.74, 6) is 6.83. The number of rotatable bonds is 2. The minimum atomic E-state index is -0.125. The van der Waals surface area contributed by atoms with E-state index in [0.29, 0.717) is 6.04 Å². The molecule has 0 heterocycles. The van der Waals surface area contributed by atoms with E-state index in [9.17, 15) is 0 Å². The fraction of sp³-hybridized carbons (Fsp3) is 0.867. The Morgan fingerprint density at radius 1 is 1.00 bits per heavy atom. The Hall–Kier alpha value is -0.480. The molecule has 0 aromatic heterocycles. The van der Waals surface area contributed by atoms with Crippen LogP contribution in [0.25, 0.3) is 0 Å². The molecule has 4 bridgehead atoms. The molecule has 1 nitrogen and oxygen atoms in total. The minimum Gasteiger partial charge on any atom is -0.298 e. The van der Waals surface area contributed by atoms with Gasteiger partial charge in [-0.15, -0.1) is 6.42 Å². The molecular weight excluding hydrogens is 194 g/mol. The fourth-order valence-corrected chi connectivity index (χ4v) is 4.62. The van der Waals surface area contributed by atoms with Crippen LogP contribution < -0.4 is 5.32 Å². The average molecular weight is 217 g/mol. The molecule has 1 heteroatoms. The molecule has 4 rings (SSSR count). The van der Waals surface area contributed by atoms with Gasteiger partial charge in [0.05, 0.1) is 5.54 Å². The van der Waals surface area contributed by atoms with Crippen LogP contribution >= 0.6 is 0 Å². The third-order valence-corrected chi connectivity index (χ3v) is 5.12. The van der Waals surface area contributed by atoms with Crippen LogP contribution in [0.1, 0.15) is 46.0 Å². The molecular formula is C15H23N. The van der Waals surface area contributed by atoms with Gasteiger partial charge in [-0.25, -0.2) is 0 Å². The van der Waals surface area contributed by atoms with Gasteiger partial charge in [0.1, 0.15) is 0 Å². The van der Waals surface area contributed by atoms with Crippen molar-refractivity contribution in [2.75, 3.05) is 0 Å². The maximum atomic E-state index is 5.60. The zero-order valence-corrected chi connectivity index (χ0v) is 10.5. The van der Waals surface area contributed by atoms with Crippen molar-refractivity contribution < 1.29 is 0 Å². The molecule has 0 saturated heterocycles. The van der Waals surface area contributed by atoms with Crippen molar-refractivity contribution in [2.24, 2.45) is 23.7 Å². The van der Waals surface area contributed by atoms with E-state index in [1.165, 1.54) is 32.1 Å². The summed E-state index contributed by atoms with van der Waals surface area (Å²) in [6.07, 6.45) is 13.0. The molecule has 4 fully saturated rings. The van der Waals surface area contributed by atoms with Crippen molar-refractivity contribution >= 4 is 0 Å². The van der Waals surface area contributed by atoms with Crippen molar-refractivity contribution in [3.63, 3.8) is 0 Å². The fourth-order valence-electron chi connectivity index (χ4n) is 4.62. The van der Waals surface area contributed by atoms with Gasteiger partial charge >= 0.3 is 0 Å². The molecule has 16 heavy (non-hydrogen) atoms. The third kappa shape index (κ3) is 1.68. The van der Waals surface area contributed by atoms with Crippen molar-refractivity contribution in [2.45, 2.75) is 57.5 Å². The van der Waals surface area contributed by atoms with Crippen molar-refractivity contribution in [1.82, 2.24) is 5.32 Å². The maximum absolute atomic E-state index is 5.60. The molecule has 0 radical (unpaired) electrons. The highest BCUT2D eigenvalue weighted by molar-refractivity contribution is 5.11. The number of nitrogens with one attached hydrogen (secondary N) is 1. The highest BCUT2D eigenvalue weighted by Crippen LogP contribution is 2.53. The van der Waals surface area contributed by atoms with Gasteiger partial charge in [-0.2, -0.15) is 0 Å². The third-order valence-electron chi connectivity index (χ3n) is 5.12. The van der Waals surface area contributed by atoms with Crippen LogP contribution in [0, 0.1) is 36.0 Å². The van der Waals surface area contributed by atoms with Crippen LogP contribution in [0.2, 0.25) is 0 Å². The second-order valence-electron chi connectivity index (χ2n) is 6.87. The van der Waals surface area contributed by atoms with Gasteiger partial charge < -0.3 is 0 Å². The summed E-state index contributed by atoms with van der Waals surface area (Å²) in [6.45, 7) is 4.27. The summed E-state index contributed by atoms with van der Waals surface area (Å²) < 4.78 is 0. The second kappa shape index (κ2) is 3.50. The first kappa shape index (κ1) is 10.7. The van der Waals surface area contributed by atoms with E-state index in [-0.39, 0.29) is 5.54 Å². The zero-order valence-electron chi connectivity index (χ0n) is 10.5. The molecule has 4 aliphatic carbocycles. The van der Waals surface area contributed by atoms with Crippen molar-refractivity contribution in [3.05, 3.63) is 0 Å². The summed E-state index contributed by atoms with van der Waals surface area (Å²) in [7, 11) is 0. The minimum absolute atomic E-state index is 0.125. The first-order valence-electron chi connectivity index (χ1n) is 6.83. The van der Waals surface area contributed by atoms with Crippen LogP contribution in [-0.4, -0.2) is 11.6 Å². The Bertz CT molecular complexity index is 295. The first-order valence-corrected chi connectivity index (χ1v) is 6.83. The number of terminal acetylenes is 1. The molecule has 0 spiro atoms. The number of hydrogen-bond donors (Lipinski definition) is 1. The molecule has 0 amide bonds. The summed E-state index contributed by atoms with van der Waals surface area (Å²) in [5, 5.41) is 3.75. The maximum Gasteiger partial charge on any atom is 0.0743 e. The van der Waals surface area contributed by atoms with Crippen LogP contribution in [0.4, 0.5) is 0 Å². The monoisotopic (exact) mass is 217 g/mol. The van der Waals surface area contributed by atoms with E-state index in [1.54, 1.807) is 0 Å². The molecule has 0 aromatic carbocycles. The second-order valence-corrected chi connectivity index (χ2v) is 6.87. The van der Waals surface area contributed by atoms with Crippen molar-refractivity contribution in [3.8, 4) is 12.3 Å². The lowest BCUT2D eigenvalue weighted by Crippen LogP contribution is -2.59. The van der Waals surface area contributed by atoms with E-state index in [4.69, 9.17) is 6.42 Å². The van der Waals surface area contributed by atoms with Crippen LogP contribution in [0.3, 0.4) is 0 Å².